The average molecular weight is 311 g/mol. The zero-order valence-electron chi connectivity index (χ0n) is 13.6. The largest absolute Gasteiger partial charge is 0.443 e. The minimum Gasteiger partial charge on any atom is -0.443 e. The molecule has 2 aromatic heterocycles. The first-order chi connectivity index (χ1) is 11.1. The molecule has 3 rings (SSSR count). The molecule has 0 spiro atoms. The van der Waals surface area contributed by atoms with Gasteiger partial charge in [-0.25, -0.2) is 0 Å². The maximum absolute atomic E-state index is 12.9. The van der Waals surface area contributed by atoms with Crippen LogP contribution in [0.4, 0.5) is 0 Å². The van der Waals surface area contributed by atoms with Gasteiger partial charge in [0.1, 0.15) is 23.0 Å². The number of nitrogens with zero attached hydrogens (tertiary/aromatic N) is 3. The van der Waals surface area contributed by atoms with Crippen LogP contribution in [0.25, 0.3) is 5.88 Å². The van der Waals surface area contributed by atoms with Crippen LogP contribution in [0, 0.1) is 24.2 Å². The molecule has 0 bridgehead atoms. The molecule has 1 aliphatic heterocycles. The summed E-state index contributed by atoms with van der Waals surface area (Å²) in [6, 6.07) is 5.87. The first-order valence-corrected chi connectivity index (χ1v) is 8.08. The van der Waals surface area contributed by atoms with Gasteiger partial charge in [-0.2, -0.15) is 5.26 Å². The predicted octanol–water partition coefficient (Wildman–Crippen LogP) is 3.51. The number of aryl methyl sites for hydroxylation is 1. The van der Waals surface area contributed by atoms with Crippen molar-refractivity contribution in [1.82, 2.24) is 9.47 Å². The monoisotopic (exact) mass is 311 g/mol. The molecule has 3 heterocycles. The van der Waals surface area contributed by atoms with Crippen molar-refractivity contribution in [2.45, 2.75) is 33.1 Å². The van der Waals surface area contributed by atoms with Crippen LogP contribution in [0.15, 0.2) is 28.9 Å². The topological polar surface area (TPSA) is 62.2 Å². The quantitative estimate of drug-likeness (QED) is 0.852. The SMILES string of the molecule is Cc1oc(-n2cccc2)c(C#N)c1C(=O)N1CCC[C@@H](C)CC1. The Morgan fingerprint density at radius 3 is 2.74 bits per heavy atom. The van der Waals surface area contributed by atoms with E-state index in [4.69, 9.17) is 4.42 Å². The fraction of sp³-hybridized carbons (Fsp3) is 0.444. The van der Waals surface area contributed by atoms with Gasteiger partial charge in [-0.05, 0) is 44.2 Å². The standard InChI is InChI=1S/C18H21N3O2/c1-13-6-5-10-20(11-7-13)17(22)16-14(2)23-18(15(16)12-19)21-8-3-4-9-21/h3-4,8-9,13H,5-7,10-11H2,1-2H3/t13-/m1/s1. The van der Waals surface area contributed by atoms with E-state index in [1.54, 1.807) is 23.9 Å². The van der Waals surface area contributed by atoms with Crippen LogP contribution in [0.1, 0.15) is 47.9 Å². The van der Waals surface area contributed by atoms with Crippen molar-refractivity contribution in [1.29, 1.82) is 5.26 Å². The number of hydrogen-bond acceptors (Lipinski definition) is 3. The third kappa shape index (κ3) is 2.89. The lowest BCUT2D eigenvalue weighted by atomic mass is 10.0. The van der Waals surface area contributed by atoms with Crippen molar-refractivity contribution in [2.24, 2.45) is 5.92 Å². The average Bonchev–Trinajstić information content (AvgIpc) is 3.11. The van der Waals surface area contributed by atoms with E-state index in [-0.39, 0.29) is 5.91 Å². The molecule has 0 radical (unpaired) electrons. The van der Waals surface area contributed by atoms with Gasteiger partial charge < -0.3 is 9.32 Å². The lowest BCUT2D eigenvalue weighted by Crippen LogP contribution is -2.32. The third-order valence-corrected chi connectivity index (χ3v) is 4.53. The summed E-state index contributed by atoms with van der Waals surface area (Å²) in [7, 11) is 0. The van der Waals surface area contributed by atoms with E-state index in [9.17, 15) is 10.1 Å². The molecular weight excluding hydrogens is 290 g/mol. The van der Waals surface area contributed by atoms with E-state index >= 15 is 0 Å². The predicted molar refractivity (Wildman–Crippen MR) is 86.4 cm³/mol. The van der Waals surface area contributed by atoms with Crippen LogP contribution < -0.4 is 0 Å². The first-order valence-electron chi connectivity index (χ1n) is 8.08. The fourth-order valence-corrected chi connectivity index (χ4v) is 3.17. The summed E-state index contributed by atoms with van der Waals surface area (Å²) < 4.78 is 7.47. The van der Waals surface area contributed by atoms with E-state index in [1.165, 1.54) is 0 Å². The lowest BCUT2D eigenvalue weighted by Gasteiger charge is -2.20. The maximum atomic E-state index is 12.9. The molecule has 1 atom stereocenters. The van der Waals surface area contributed by atoms with Crippen molar-refractivity contribution in [3.8, 4) is 12.0 Å². The van der Waals surface area contributed by atoms with Gasteiger partial charge in [0.2, 0.25) is 5.88 Å². The molecule has 2 aromatic rings. The van der Waals surface area contributed by atoms with Crippen LogP contribution >= 0.6 is 0 Å². The van der Waals surface area contributed by atoms with E-state index < -0.39 is 0 Å². The highest BCUT2D eigenvalue weighted by Crippen LogP contribution is 2.28. The van der Waals surface area contributed by atoms with Crippen molar-refractivity contribution in [3.63, 3.8) is 0 Å². The second kappa shape index (κ2) is 6.33. The number of rotatable bonds is 2. The fourth-order valence-electron chi connectivity index (χ4n) is 3.17. The number of nitriles is 1. The highest BCUT2D eigenvalue weighted by Gasteiger charge is 2.28. The molecule has 0 aromatic carbocycles. The minimum absolute atomic E-state index is 0.0877. The van der Waals surface area contributed by atoms with Crippen LogP contribution in [0.2, 0.25) is 0 Å². The molecule has 1 saturated heterocycles. The summed E-state index contributed by atoms with van der Waals surface area (Å²) in [6.45, 7) is 5.47. The summed E-state index contributed by atoms with van der Waals surface area (Å²) >= 11 is 0. The second-order valence-electron chi connectivity index (χ2n) is 6.24. The number of aromatic nitrogens is 1. The zero-order chi connectivity index (χ0) is 16.4. The van der Waals surface area contributed by atoms with Crippen molar-refractivity contribution >= 4 is 5.91 Å². The first kappa shape index (κ1) is 15.4. The van der Waals surface area contributed by atoms with Gasteiger partial charge in [0.15, 0.2) is 0 Å². The Kier molecular flexibility index (Phi) is 4.24. The molecule has 1 aliphatic rings. The Morgan fingerprint density at radius 2 is 2.04 bits per heavy atom. The smallest absolute Gasteiger partial charge is 0.258 e. The van der Waals surface area contributed by atoms with E-state index in [0.29, 0.717) is 28.7 Å². The number of amides is 1. The summed E-state index contributed by atoms with van der Waals surface area (Å²) in [6.07, 6.45) is 6.78. The minimum atomic E-state index is -0.0877. The summed E-state index contributed by atoms with van der Waals surface area (Å²) in [4.78, 5) is 14.8. The molecule has 1 fully saturated rings. The molecule has 23 heavy (non-hydrogen) atoms. The van der Waals surface area contributed by atoms with Crippen LogP contribution in [0.5, 0.6) is 0 Å². The van der Waals surface area contributed by atoms with Crippen molar-refractivity contribution < 1.29 is 9.21 Å². The van der Waals surface area contributed by atoms with Crippen molar-refractivity contribution in [3.05, 3.63) is 41.4 Å². The number of carbonyl (C=O) groups is 1. The van der Waals surface area contributed by atoms with Crippen LogP contribution in [-0.4, -0.2) is 28.5 Å². The number of carbonyl (C=O) groups excluding carboxylic acids is 1. The summed E-state index contributed by atoms with van der Waals surface area (Å²) in [5, 5.41) is 9.56. The van der Waals surface area contributed by atoms with E-state index in [1.807, 2.05) is 17.0 Å². The normalized spacial score (nSPS) is 18.5. The van der Waals surface area contributed by atoms with Gasteiger partial charge in [-0.3, -0.25) is 9.36 Å². The Hall–Kier alpha value is -2.48. The molecule has 1 amide bonds. The number of furan rings is 1. The van der Waals surface area contributed by atoms with Gasteiger partial charge in [-0.1, -0.05) is 6.92 Å². The van der Waals surface area contributed by atoms with Gasteiger partial charge in [0.25, 0.3) is 5.91 Å². The number of hydrogen-bond donors (Lipinski definition) is 0. The van der Waals surface area contributed by atoms with Crippen molar-refractivity contribution in [2.75, 3.05) is 13.1 Å². The second-order valence-corrected chi connectivity index (χ2v) is 6.24. The Morgan fingerprint density at radius 1 is 1.30 bits per heavy atom. The third-order valence-electron chi connectivity index (χ3n) is 4.53. The molecule has 0 aliphatic carbocycles. The Bertz CT molecular complexity index is 737. The Labute approximate surface area is 136 Å². The van der Waals surface area contributed by atoms with Gasteiger partial charge in [-0.15, -0.1) is 0 Å². The van der Waals surface area contributed by atoms with Gasteiger partial charge in [0, 0.05) is 25.5 Å². The highest BCUT2D eigenvalue weighted by atomic mass is 16.4. The molecule has 5 heteroatoms. The van der Waals surface area contributed by atoms with Gasteiger partial charge >= 0.3 is 0 Å². The molecule has 0 unspecified atom stereocenters. The molecular formula is C18H21N3O2. The lowest BCUT2D eigenvalue weighted by molar-refractivity contribution is 0.0758. The molecule has 0 saturated carbocycles. The van der Waals surface area contributed by atoms with Crippen LogP contribution in [0.3, 0.4) is 0 Å². The molecule has 0 N–H and O–H groups in total. The summed E-state index contributed by atoms with van der Waals surface area (Å²) in [5.41, 5.74) is 0.728. The van der Waals surface area contributed by atoms with Gasteiger partial charge in [0.05, 0.1) is 0 Å². The zero-order valence-corrected chi connectivity index (χ0v) is 13.6. The maximum Gasteiger partial charge on any atom is 0.258 e. The van der Waals surface area contributed by atoms with Crippen LogP contribution in [-0.2, 0) is 0 Å². The van der Waals surface area contributed by atoms with E-state index in [0.717, 1.165) is 32.4 Å². The molecule has 120 valence electrons. The summed E-state index contributed by atoms with van der Waals surface area (Å²) in [5.74, 6) is 1.48. The highest BCUT2D eigenvalue weighted by molar-refractivity contribution is 5.98. The number of likely N-dealkylation sites (tertiary alicyclic amines) is 1. The molecule has 5 nitrogen and oxygen atoms in total. The Balaban J connectivity index is 1.96. The van der Waals surface area contributed by atoms with E-state index in [2.05, 4.69) is 13.0 Å².